The first-order valence-corrected chi connectivity index (χ1v) is 10.0. The molecule has 0 aliphatic heterocycles. The van der Waals surface area contributed by atoms with Gasteiger partial charge in [0.2, 0.25) is 0 Å². The van der Waals surface area contributed by atoms with Crippen LogP contribution in [-0.4, -0.2) is 21.6 Å². The lowest BCUT2D eigenvalue weighted by atomic mass is 10.2. The molecule has 0 aliphatic carbocycles. The molecule has 2 aromatic heterocycles. The Balaban J connectivity index is 1.31. The Bertz CT molecular complexity index is 1250. The van der Waals surface area contributed by atoms with Gasteiger partial charge in [-0.1, -0.05) is 17.7 Å². The zero-order valence-corrected chi connectivity index (χ0v) is 17.8. The van der Waals surface area contributed by atoms with Gasteiger partial charge >= 0.3 is 0 Å². The fraction of sp³-hybridized carbons (Fsp3) is 0.0870. The maximum atomic E-state index is 12.5. The van der Waals surface area contributed by atoms with Gasteiger partial charge in [0.25, 0.3) is 11.8 Å². The number of amides is 2. The molecule has 8 nitrogen and oxygen atoms in total. The molecule has 0 aliphatic rings. The summed E-state index contributed by atoms with van der Waals surface area (Å²) < 4.78 is 12.7. The topological polar surface area (TPSA) is 98.4 Å². The molecule has 0 unspecified atom stereocenters. The van der Waals surface area contributed by atoms with E-state index in [9.17, 15) is 9.59 Å². The number of ether oxygens (including phenoxy) is 1. The van der Waals surface area contributed by atoms with Crippen molar-refractivity contribution < 1.29 is 18.7 Å². The average molecular weight is 451 g/mol. The van der Waals surface area contributed by atoms with Crippen LogP contribution in [0.15, 0.2) is 77.3 Å². The summed E-state index contributed by atoms with van der Waals surface area (Å²) in [6.45, 7) is 0.165. The molecule has 162 valence electrons. The highest BCUT2D eigenvalue weighted by molar-refractivity contribution is 6.30. The summed E-state index contributed by atoms with van der Waals surface area (Å²) in [5.74, 6) is 0.551. The number of aromatic nitrogens is 2. The lowest BCUT2D eigenvalue weighted by molar-refractivity contribution is 0.0990. The van der Waals surface area contributed by atoms with E-state index in [2.05, 4.69) is 15.7 Å². The van der Waals surface area contributed by atoms with Gasteiger partial charge in [0, 0.05) is 29.6 Å². The van der Waals surface area contributed by atoms with Crippen molar-refractivity contribution >= 4 is 34.8 Å². The average Bonchev–Trinajstić information content (AvgIpc) is 3.43. The molecule has 2 aromatic carbocycles. The number of benzene rings is 2. The molecule has 2 heterocycles. The minimum Gasteiger partial charge on any atom is -0.486 e. The quantitative estimate of drug-likeness (QED) is 0.423. The Morgan fingerprint density at radius 3 is 2.38 bits per heavy atom. The Morgan fingerprint density at radius 1 is 1.00 bits per heavy atom. The molecule has 0 atom stereocenters. The maximum Gasteiger partial charge on any atom is 0.291 e. The molecule has 9 heteroatoms. The Kier molecular flexibility index (Phi) is 6.23. The number of furan rings is 1. The van der Waals surface area contributed by atoms with E-state index in [4.69, 9.17) is 20.8 Å². The first-order valence-electron chi connectivity index (χ1n) is 9.66. The molecule has 0 saturated carbocycles. The normalized spacial score (nSPS) is 10.6. The monoisotopic (exact) mass is 450 g/mol. The molecular formula is C23H19ClN4O4. The molecule has 4 rings (SSSR count). The lowest BCUT2D eigenvalue weighted by Crippen LogP contribution is -2.13. The number of hydrogen-bond acceptors (Lipinski definition) is 5. The van der Waals surface area contributed by atoms with E-state index >= 15 is 0 Å². The van der Waals surface area contributed by atoms with E-state index in [0.717, 1.165) is 0 Å². The van der Waals surface area contributed by atoms with Gasteiger partial charge in [0.15, 0.2) is 11.5 Å². The minimum absolute atomic E-state index is 0.155. The third kappa shape index (κ3) is 5.35. The van der Waals surface area contributed by atoms with Crippen molar-refractivity contribution in [2.75, 3.05) is 10.6 Å². The number of carbonyl (C=O) groups excluding carboxylic acids is 2. The van der Waals surface area contributed by atoms with Crippen molar-refractivity contribution in [1.29, 1.82) is 0 Å². The second-order valence-corrected chi connectivity index (χ2v) is 7.31. The maximum absolute atomic E-state index is 12.5. The van der Waals surface area contributed by atoms with Crippen LogP contribution in [0.2, 0.25) is 5.02 Å². The van der Waals surface area contributed by atoms with Crippen LogP contribution in [0.25, 0.3) is 0 Å². The van der Waals surface area contributed by atoms with Crippen molar-refractivity contribution in [1.82, 2.24) is 9.78 Å². The van der Waals surface area contributed by atoms with E-state index in [-0.39, 0.29) is 18.3 Å². The molecule has 0 radical (unpaired) electrons. The summed E-state index contributed by atoms with van der Waals surface area (Å²) in [6.07, 6.45) is 1.69. The van der Waals surface area contributed by atoms with Gasteiger partial charge in [-0.05, 0) is 60.7 Å². The van der Waals surface area contributed by atoms with Crippen molar-refractivity contribution in [2.24, 2.45) is 7.05 Å². The number of aryl methyl sites for hydroxylation is 1. The number of nitrogens with zero attached hydrogens (tertiary/aromatic N) is 2. The molecule has 0 bridgehead atoms. The summed E-state index contributed by atoms with van der Waals surface area (Å²) in [6, 6.07) is 18.6. The molecule has 2 amide bonds. The predicted molar refractivity (Wildman–Crippen MR) is 120 cm³/mol. The Morgan fingerprint density at radius 2 is 1.72 bits per heavy atom. The van der Waals surface area contributed by atoms with Crippen molar-refractivity contribution in [3.63, 3.8) is 0 Å². The van der Waals surface area contributed by atoms with E-state index in [1.54, 1.807) is 84.7 Å². The zero-order valence-electron chi connectivity index (χ0n) is 17.0. The summed E-state index contributed by atoms with van der Waals surface area (Å²) >= 11 is 5.93. The van der Waals surface area contributed by atoms with Crippen molar-refractivity contribution in [3.8, 4) is 5.75 Å². The van der Waals surface area contributed by atoms with Gasteiger partial charge < -0.3 is 19.8 Å². The van der Waals surface area contributed by atoms with Crippen LogP contribution in [0, 0.1) is 0 Å². The standard InChI is InChI=1S/C23H19ClN4O4/c1-28-12-11-20(27-28)22(29)25-16-5-7-17(8-6-16)26-23(30)21-10-9-19(32-21)14-31-18-4-2-3-15(24)13-18/h2-13H,14H2,1H3,(H,25,29)(H,26,30). The summed E-state index contributed by atoms with van der Waals surface area (Å²) in [5.41, 5.74) is 1.45. The van der Waals surface area contributed by atoms with Gasteiger partial charge in [-0.3, -0.25) is 14.3 Å². The summed E-state index contributed by atoms with van der Waals surface area (Å²) in [7, 11) is 1.74. The van der Waals surface area contributed by atoms with Crippen molar-refractivity contribution in [3.05, 3.63) is 95.2 Å². The third-order valence-electron chi connectivity index (χ3n) is 4.41. The molecular weight excluding hydrogens is 432 g/mol. The SMILES string of the molecule is Cn1ccc(C(=O)Nc2ccc(NC(=O)c3ccc(COc4cccc(Cl)c4)o3)cc2)n1. The van der Waals surface area contributed by atoms with Crippen LogP contribution >= 0.6 is 11.6 Å². The van der Waals surface area contributed by atoms with Gasteiger partial charge in [-0.2, -0.15) is 5.10 Å². The van der Waals surface area contributed by atoms with Crippen LogP contribution in [0.1, 0.15) is 26.8 Å². The number of rotatable bonds is 7. The van der Waals surface area contributed by atoms with Crippen LogP contribution < -0.4 is 15.4 Å². The number of halogens is 1. The molecule has 2 N–H and O–H groups in total. The van der Waals surface area contributed by atoms with Gasteiger partial charge in [0.05, 0.1) is 0 Å². The molecule has 0 saturated heterocycles. The lowest BCUT2D eigenvalue weighted by Gasteiger charge is -2.07. The first-order chi connectivity index (χ1) is 15.5. The van der Waals surface area contributed by atoms with Crippen LogP contribution in [0.5, 0.6) is 5.75 Å². The zero-order chi connectivity index (χ0) is 22.5. The fourth-order valence-corrected chi connectivity index (χ4v) is 3.03. The number of carbonyl (C=O) groups is 2. The molecule has 0 spiro atoms. The Hall–Kier alpha value is -4.04. The Labute approximate surface area is 188 Å². The largest absolute Gasteiger partial charge is 0.486 e. The van der Waals surface area contributed by atoms with E-state index in [1.165, 1.54) is 0 Å². The molecule has 4 aromatic rings. The highest BCUT2D eigenvalue weighted by atomic mass is 35.5. The molecule has 32 heavy (non-hydrogen) atoms. The van der Waals surface area contributed by atoms with Crippen LogP contribution in [-0.2, 0) is 13.7 Å². The van der Waals surface area contributed by atoms with Gasteiger partial charge in [-0.15, -0.1) is 0 Å². The first kappa shape index (κ1) is 21.2. The molecule has 0 fully saturated rings. The summed E-state index contributed by atoms with van der Waals surface area (Å²) in [4.78, 5) is 24.6. The van der Waals surface area contributed by atoms with Crippen molar-refractivity contribution in [2.45, 2.75) is 6.61 Å². The third-order valence-corrected chi connectivity index (χ3v) is 4.64. The van der Waals surface area contributed by atoms with Crippen LogP contribution in [0.4, 0.5) is 11.4 Å². The fourth-order valence-electron chi connectivity index (χ4n) is 2.85. The predicted octanol–water partition coefficient (Wildman–Crippen LogP) is 4.75. The smallest absolute Gasteiger partial charge is 0.291 e. The van der Waals surface area contributed by atoms with E-state index < -0.39 is 5.91 Å². The number of anilines is 2. The minimum atomic E-state index is -0.399. The highest BCUT2D eigenvalue weighted by Gasteiger charge is 2.13. The van der Waals surface area contributed by atoms with Gasteiger partial charge in [-0.25, -0.2) is 0 Å². The highest BCUT2D eigenvalue weighted by Crippen LogP contribution is 2.20. The second-order valence-electron chi connectivity index (χ2n) is 6.87. The van der Waals surface area contributed by atoms with E-state index in [1.807, 2.05) is 0 Å². The van der Waals surface area contributed by atoms with Gasteiger partial charge in [0.1, 0.15) is 18.1 Å². The number of nitrogens with one attached hydrogen (secondary N) is 2. The van der Waals surface area contributed by atoms with E-state index in [0.29, 0.717) is 33.6 Å². The second kappa shape index (κ2) is 9.40. The number of hydrogen-bond donors (Lipinski definition) is 2. The summed E-state index contributed by atoms with van der Waals surface area (Å²) in [5, 5.41) is 10.1. The van der Waals surface area contributed by atoms with Crippen LogP contribution in [0.3, 0.4) is 0 Å².